The summed E-state index contributed by atoms with van der Waals surface area (Å²) in [6.07, 6.45) is -5.26. The second-order valence-electron chi connectivity index (χ2n) is 8.28. The van der Waals surface area contributed by atoms with E-state index in [9.17, 15) is 40.7 Å². The molecule has 194 valence electrons. The van der Waals surface area contributed by atoms with Crippen LogP contribution in [0.15, 0.2) is 36.4 Å². The minimum absolute atomic E-state index is 0.0618. The molecule has 1 aliphatic heterocycles. The number of alkyl halides is 3. The molecule has 0 spiro atoms. The third kappa shape index (κ3) is 6.97. The number of hydrogen-bond donors (Lipinski definition) is 2. The highest BCUT2D eigenvalue weighted by molar-refractivity contribution is 6.02. The number of nitrogens with two attached hydrogens (primary N) is 1. The molecule has 3 amide bonds. The summed E-state index contributed by atoms with van der Waals surface area (Å²) in [6, 6.07) is 6.31. The Morgan fingerprint density at radius 3 is 2.39 bits per heavy atom. The van der Waals surface area contributed by atoms with Gasteiger partial charge in [0.1, 0.15) is 25.5 Å². The highest BCUT2D eigenvalue weighted by Gasteiger charge is 2.32. The molecule has 0 unspecified atom stereocenters. The van der Waals surface area contributed by atoms with Crippen LogP contribution in [0.3, 0.4) is 0 Å². The van der Waals surface area contributed by atoms with Crippen molar-refractivity contribution in [1.82, 2.24) is 10.2 Å². The molecule has 3 N–H and O–H groups in total. The van der Waals surface area contributed by atoms with E-state index in [4.69, 9.17) is 5.73 Å². The maximum Gasteiger partial charge on any atom is 0.405 e. The molecule has 0 fully saturated rings. The van der Waals surface area contributed by atoms with Gasteiger partial charge in [0, 0.05) is 30.8 Å². The van der Waals surface area contributed by atoms with E-state index in [1.54, 1.807) is 23.5 Å². The van der Waals surface area contributed by atoms with Crippen LogP contribution in [0, 0.1) is 17.5 Å². The van der Waals surface area contributed by atoms with Gasteiger partial charge in [-0.15, -0.1) is 0 Å². The molecule has 0 bridgehead atoms. The summed E-state index contributed by atoms with van der Waals surface area (Å²) in [5, 5.41) is 1.70. The van der Waals surface area contributed by atoms with Crippen molar-refractivity contribution in [2.75, 3.05) is 24.5 Å². The van der Waals surface area contributed by atoms with Gasteiger partial charge in [-0.2, -0.15) is 13.2 Å². The predicted octanol–water partition coefficient (Wildman–Crippen LogP) is 2.42. The summed E-state index contributed by atoms with van der Waals surface area (Å²) in [5.41, 5.74) is 6.43. The third-order valence-corrected chi connectivity index (χ3v) is 5.42. The number of rotatable bonds is 7. The summed E-state index contributed by atoms with van der Waals surface area (Å²) < 4.78 is 77.7. The first-order valence-electron chi connectivity index (χ1n) is 10.7. The first-order chi connectivity index (χ1) is 16.8. The Kier molecular flexibility index (Phi) is 8.23. The molecule has 0 aromatic heterocycles. The molecule has 7 nitrogen and oxygen atoms in total. The van der Waals surface area contributed by atoms with Crippen LogP contribution >= 0.6 is 0 Å². The van der Waals surface area contributed by atoms with Gasteiger partial charge in [0.2, 0.25) is 17.7 Å². The van der Waals surface area contributed by atoms with Crippen LogP contribution in [0.4, 0.5) is 32.0 Å². The molecule has 2 aromatic carbocycles. The lowest BCUT2D eigenvalue weighted by Gasteiger charge is -2.23. The Labute approximate surface area is 201 Å². The Balaban J connectivity index is 1.71. The van der Waals surface area contributed by atoms with Gasteiger partial charge in [-0.25, -0.2) is 13.2 Å². The molecule has 1 aliphatic rings. The lowest BCUT2D eigenvalue weighted by atomic mass is 10.0. The fourth-order valence-corrected chi connectivity index (χ4v) is 3.73. The molecule has 36 heavy (non-hydrogen) atoms. The van der Waals surface area contributed by atoms with Crippen LogP contribution < -0.4 is 16.0 Å². The summed E-state index contributed by atoms with van der Waals surface area (Å²) >= 11 is 0. The summed E-state index contributed by atoms with van der Waals surface area (Å²) in [6.45, 7) is -2.81. The quantitative estimate of drug-likeness (QED) is 0.437. The Morgan fingerprint density at radius 1 is 1.03 bits per heavy atom. The Morgan fingerprint density at radius 2 is 1.69 bits per heavy atom. The highest BCUT2D eigenvalue weighted by atomic mass is 19.4. The Bertz CT molecular complexity index is 1160. The fraction of sp³-hybridized carbons (Fsp3) is 0.348. The molecule has 0 saturated carbocycles. The van der Waals surface area contributed by atoms with Crippen molar-refractivity contribution in [1.29, 1.82) is 0 Å². The number of hydrogen-bond acceptors (Lipinski definition) is 4. The van der Waals surface area contributed by atoms with Gasteiger partial charge in [-0.05, 0) is 29.7 Å². The van der Waals surface area contributed by atoms with E-state index in [1.165, 1.54) is 6.07 Å². The molecule has 1 heterocycles. The molecular formula is C23H22F6N4O3. The van der Waals surface area contributed by atoms with Gasteiger partial charge in [0.05, 0.1) is 0 Å². The number of nitrogens with zero attached hydrogens (tertiary/aromatic N) is 2. The van der Waals surface area contributed by atoms with E-state index >= 15 is 0 Å². The minimum atomic E-state index is -4.62. The van der Waals surface area contributed by atoms with Crippen molar-refractivity contribution < 1.29 is 40.7 Å². The van der Waals surface area contributed by atoms with Crippen molar-refractivity contribution in [3.8, 4) is 0 Å². The Hall–Kier alpha value is -3.61. The number of carbonyl (C=O) groups is 3. The van der Waals surface area contributed by atoms with E-state index in [0.717, 1.165) is 9.80 Å². The number of fused-ring (bicyclic) bond motifs is 1. The standard InChI is InChI=1S/C23H22F6N4O3/c24-16-8-18(26)17(25)6-14(16)5-15(30)7-21(35)32-9-13-3-1-2-4-19(13)33(22(36)11-32)10-20(34)31-12-23(27,28)29/h1-4,6,8,15H,5,7,9-12,30H2,(H,31,34)/t15-/m1/s1. The zero-order valence-corrected chi connectivity index (χ0v) is 18.7. The number of amides is 3. The zero-order valence-electron chi connectivity index (χ0n) is 18.7. The average molecular weight is 516 g/mol. The van der Waals surface area contributed by atoms with E-state index in [2.05, 4.69) is 0 Å². The first kappa shape index (κ1) is 27.0. The molecule has 0 radical (unpaired) electrons. The number of nitrogens with one attached hydrogen (secondary N) is 1. The van der Waals surface area contributed by atoms with Gasteiger partial charge in [-0.1, -0.05) is 18.2 Å². The van der Waals surface area contributed by atoms with E-state index < -0.39 is 67.0 Å². The van der Waals surface area contributed by atoms with Crippen LogP contribution in [0.2, 0.25) is 0 Å². The van der Waals surface area contributed by atoms with Crippen molar-refractivity contribution in [2.24, 2.45) is 5.73 Å². The minimum Gasteiger partial charge on any atom is -0.345 e. The molecule has 0 aliphatic carbocycles. The molecule has 2 aromatic rings. The van der Waals surface area contributed by atoms with Crippen LogP contribution in [-0.2, 0) is 27.3 Å². The molecule has 0 saturated heterocycles. The molecule has 1 atom stereocenters. The van der Waals surface area contributed by atoms with E-state index in [1.807, 2.05) is 0 Å². The largest absolute Gasteiger partial charge is 0.405 e. The van der Waals surface area contributed by atoms with E-state index in [0.29, 0.717) is 17.7 Å². The number of benzene rings is 2. The van der Waals surface area contributed by atoms with Crippen molar-refractivity contribution in [2.45, 2.75) is 31.6 Å². The van der Waals surface area contributed by atoms with Crippen LogP contribution in [-0.4, -0.2) is 54.5 Å². The normalized spacial score (nSPS) is 14.8. The zero-order chi connectivity index (χ0) is 26.6. The third-order valence-electron chi connectivity index (χ3n) is 5.42. The van der Waals surface area contributed by atoms with Gasteiger partial charge >= 0.3 is 6.18 Å². The average Bonchev–Trinajstić information content (AvgIpc) is 2.92. The van der Waals surface area contributed by atoms with Gasteiger partial charge in [-0.3, -0.25) is 14.4 Å². The number of carbonyl (C=O) groups excluding carboxylic acids is 3. The first-order valence-corrected chi connectivity index (χ1v) is 10.7. The summed E-state index contributed by atoms with van der Waals surface area (Å²) in [4.78, 5) is 40.0. The van der Waals surface area contributed by atoms with Crippen LogP contribution in [0.5, 0.6) is 0 Å². The van der Waals surface area contributed by atoms with Gasteiger partial charge < -0.3 is 20.9 Å². The monoisotopic (exact) mass is 516 g/mol. The topological polar surface area (TPSA) is 95.7 Å². The molecule has 13 heteroatoms. The van der Waals surface area contributed by atoms with Gasteiger partial charge in [0.25, 0.3) is 0 Å². The number of anilines is 1. The van der Waals surface area contributed by atoms with Crippen molar-refractivity contribution >= 4 is 23.4 Å². The van der Waals surface area contributed by atoms with Crippen molar-refractivity contribution in [3.63, 3.8) is 0 Å². The number of halogens is 6. The van der Waals surface area contributed by atoms with Crippen LogP contribution in [0.25, 0.3) is 0 Å². The second kappa shape index (κ2) is 11.0. The lowest BCUT2D eigenvalue weighted by molar-refractivity contribution is -0.138. The fourth-order valence-electron chi connectivity index (χ4n) is 3.73. The predicted molar refractivity (Wildman–Crippen MR) is 116 cm³/mol. The SMILES string of the molecule is N[C@@H](CC(=O)N1CC(=O)N(CC(=O)NCC(F)(F)F)c2ccccc2C1)Cc1cc(F)c(F)cc1F. The lowest BCUT2D eigenvalue weighted by Crippen LogP contribution is -2.46. The van der Waals surface area contributed by atoms with E-state index in [-0.39, 0.29) is 30.6 Å². The van der Waals surface area contributed by atoms with Crippen molar-refractivity contribution in [3.05, 3.63) is 65.0 Å². The van der Waals surface area contributed by atoms with Crippen LogP contribution in [0.1, 0.15) is 17.5 Å². The van der Waals surface area contributed by atoms with Gasteiger partial charge in [0.15, 0.2) is 11.6 Å². The maximum atomic E-state index is 13.9. The second-order valence-corrected chi connectivity index (χ2v) is 8.28. The highest BCUT2D eigenvalue weighted by Crippen LogP contribution is 2.26. The number of para-hydroxylation sites is 1. The maximum absolute atomic E-state index is 13.9. The molecule has 3 rings (SSSR count). The smallest absolute Gasteiger partial charge is 0.345 e. The summed E-state index contributed by atoms with van der Waals surface area (Å²) in [5.74, 6) is -5.99. The summed E-state index contributed by atoms with van der Waals surface area (Å²) in [7, 11) is 0. The molecular weight excluding hydrogens is 494 g/mol.